The van der Waals surface area contributed by atoms with Crippen LogP contribution in [-0.4, -0.2) is 60.8 Å². The van der Waals surface area contributed by atoms with E-state index in [1.807, 2.05) is 11.1 Å². The number of allylic oxidation sites excluding steroid dienone is 1. The summed E-state index contributed by atoms with van der Waals surface area (Å²) in [6.45, 7) is 7.73. The average Bonchev–Trinajstić information content (AvgIpc) is 3.35. The normalized spacial score (nSPS) is 18.7. The molecule has 0 spiro atoms. The molecule has 0 bridgehead atoms. The molecule has 2 aliphatic rings. The SMILES string of the molecule is CCCCC(C)C(=N)C1=C(/C(C#N)=C/N2CCN(C(=O)c3ccoc3)CC2)CCOC1. The predicted octanol–water partition coefficient (Wildman–Crippen LogP) is 4.01. The second-order valence-electron chi connectivity index (χ2n) is 8.21. The molecule has 1 N–H and O–H groups in total. The van der Waals surface area contributed by atoms with Gasteiger partial charge in [-0.1, -0.05) is 26.7 Å². The van der Waals surface area contributed by atoms with E-state index in [0.717, 1.165) is 30.4 Å². The molecule has 7 heteroatoms. The molecule has 3 rings (SSSR count). The molecule has 1 unspecified atom stereocenters. The molecule has 1 aromatic rings. The number of carbonyl (C=O) groups is 1. The number of rotatable bonds is 8. The van der Waals surface area contributed by atoms with Crippen LogP contribution in [0.15, 0.2) is 45.9 Å². The third kappa shape index (κ3) is 5.65. The van der Waals surface area contributed by atoms with Crippen molar-refractivity contribution in [3.63, 3.8) is 0 Å². The van der Waals surface area contributed by atoms with E-state index in [-0.39, 0.29) is 11.8 Å². The van der Waals surface area contributed by atoms with Gasteiger partial charge in [0, 0.05) is 43.7 Å². The molecule has 0 radical (unpaired) electrons. The number of amides is 1. The summed E-state index contributed by atoms with van der Waals surface area (Å²) >= 11 is 0. The Morgan fingerprint density at radius 3 is 2.74 bits per heavy atom. The van der Waals surface area contributed by atoms with Gasteiger partial charge in [-0.25, -0.2) is 0 Å². The van der Waals surface area contributed by atoms with Crippen LogP contribution in [0.2, 0.25) is 0 Å². The molecular formula is C24H32N4O3. The summed E-state index contributed by atoms with van der Waals surface area (Å²) < 4.78 is 10.7. The number of carbonyl (C=O) groups excluding carboxylic acids is 1. The van der Waals surface area contributed by atoms with Crippen LogP contribution in [0.25, 0.3) is 0 Å². The van der Waals surface area contributed by atoms with Crippen LogP contribution in [-0.2, 0) is 4.74 Å². The highest BCUT2D eigenvalue weighted by Gasteiger charge is 2.25. The third-order valence-corrected chi connectivity index (χ3v) is 6.04. The largest absolute Gasteiger partial charge is 0.472 e. The lowest BCUT2D eigenvalue weighted by Crippen LogP contribution is -2.46. The van der Waals surface area contributed by atoms with Crippen LogP contribution in [0.5, 0.6) is 0 Å². The first kappa shape index (κ1) is 22.8. The van der Waals surface area contributed by atoms with Gasteiger partial charge < -0.3 is 24.4 Å². The summed E-state index contributed by atoms with van der Waals surface area (Å²) in [7, 11) is 0. The zero-order valence-corrected chi connectivity index (χ0v) is 18.5. The molecule has 0 aliphatic carbocycles. The number of nitriles is 1. The fraction of sp³-hybridized carbons (Fsp3) is 0.542. The molecule has 1 fully saturated rings. The van der Waals surface area contributed by atoms with Crippen molar-refractivity contribution in [2.75, 3.05) is 39.4 Å². The summed E-state index contributed by atoms with van der Waals surface area (Å²) in [6.07, 6.45) is 8.71. The highest BCUT2D eigenvalue weighted by atomic mass is 16.5. The summed E-state index contributed by atoms with van der Waals surface area (Å²) in [5, 5.41) is 18.6. The van der Waals surface area contributed by atoms with Crippen molar-refractivity contribution in [1.29, 1.82) is 10.7 Å². The maximum absolute atomic E-state index is 12.5. The van der Waals surface area contributed by atoms with Crippen molar-refractivity contribution in [3.8, 4) is 6.07 Å². The number of unbranched alkanes of at least 4 members (excludes halogenated alkanes) is 1. The number of ether oxygens (including phenoxy) is 1. The predicted molar refractivity (Wildman–Crippen MR) is 119 cm³/mol. The molecule has 2 aliphatic heterocycles. The summed E-state index contributed by atoms with van der Waals surface area (Å²) in [5.41, 5.74) is 3.59. The highest BCUT2D eigenvalue weighted by molar-refractivity contribution is 6.01. The molecule has 1 amide bonds. The summed E-state index contributed by atoms with van der Waals surface area (Å²) in [6, 6.07) is 4.04. The number of nitrogens with zero attached hydrogens (tertiary/aromatic N) is 3. The fourth-order valence-corrected chi connectivity index (χ4v) is 4.06. The van der Waals surface area contributed by atoms with Crippen molar-refractivity contribution in [1.82, 2.24) is 9.80 Å². The molecule has 0 saturated carbocycles. The Bertz CT molecular complexity index is 871. The van der Waals surface area contributed by atoms with Crippen LogP contribution in [0.4, 0.5) is 0 Å². The lowest BCUT2D eigenvalue weighted by atomic mass is 9.87. The van der Waals surface area contributed by atoms with Gasteiger partial charge in [-0.15, -0.1) is 0 Å². The van der Waals surface area contributed by atoms with Gasteiger partial charge in [-0.05, 0) is 30.4 Å². The minimum Gasteiger partial charge on any atom is -0.472 e. The van der Waals surface area contributed by atoms with E-state index < -0.39 is 0 Å². The molecule has 7 nitrogen and oxygen atoms in total. The Balaban J connectivity index is 1.71. The topological polar surface area (TPSA) is 93.6 Å². The zero-order valence-electron chi connectivity index (χ0n) is 18.5. The lowest BCUT2D eigenvalue weighted by molar-refractivity contribution is 0.0678. The monoisotopic (exact) mass is 424 g/mol. The third-order valence-electron chi connectivity index (χ3n) is 6.04. The smallest absolute Gasteiger partial charge is 0.257 e. The van der Waals surface area contributed by atoms with E-state index in [1.165, 1.54) is 12.5 Å². The second-order valence-corrected chi connectivity index (χ2v) is 8.21. The van der Waals surface area contributed by atoms with Crippen LogP contribution in [0.1, 0.15) is 49.9 Å². The Hall–Kier alpha value is -2.85. The van der Waals surface area contributed by atoms with Crippen LogP contribution in [0.3, 0.4) is 0 Å². The first-order valence-electron chi connectivity index (χ1n) is 11.1. The van der Waals surface area contributed by atoms with E-state index in [2.05, 4.69) is 24.8 Å². The van der Waals surface area contributed by atoms with Crippen LogP contribution < -0.4 is 0 Å². The van der Waals surface area contributed by atoms with E-state index in [1.54, 1.807) is 6.07 Å². The molecule has 1 saturated heterocycles. The maximum atomic E-state index is 12.5. The first-order valence-corrected chi connectivity index (χ1v) is 11.1. The van der Waals surface area contributed by atoms with E-state index in [9.17, 15) is 10.1 Å². The molecular weight excluding hydrogens is 392 g/mol. The number of hydrogen-bond donors (Lipinski definition) is 1. The van der Waals surface area contributed by atoms with Crippen LogP contribution in [0, 0.1) is 22.7 Å². The maximum Gasteiger partial charge on any atom is 0.257 e. The molecule has 1 atom stereocenters. The molecule has 31 heavy (non-hydrogen) atoms. The van der Waals surface area contributed by atoms with Gasteiger partial charge in [0.05, 0.1) is 30.6 Å². The zero-order chi connectivity index (χ0) is 22.2. The van der Waals surface area contributed by atoms with Crippen molar-refractivity contribution in [2.24, 2.45) is 5.92 Å². The van der Waals surface area contributed by atoms with Gasteiger partial charge >= 0.3 is 0 Å². The molecule has 0 aromatic carbocycles. The minimum absolute atomic E-state index is 0.0261. The second kappa shape index (κ2) is 11.0. The van der Waals surface area contributed by atoms with Gasteiger partial charge in [0.15, 0.2) is 0 Å². The highest BCUT2D eigenvalue weighted by Crippen LogP contribution is 2.27. The van der Waals surface area contributed by atoms with E-state index in [4.69, 9.17) is 14.6 Å². The fourth-order valence-electron chi connectivity index (χ4n) is 4.06. The number of nitrogens with one attached hydrogen (secondary N) is 1. The van der Waals surface area contributed by atoms with E-state index >= 15 is 0 Å². The van der Waals surface area contributed by atoms with Crippen molar-refractivity contribution >= 4 is 11.6 Å². The Labute approximate surface area is 184 Å². The lowest BCUT2D eigenvalue weighted by Gasteiger charge is -2.34. The van der Waals surface area contributed by atoms with Crippen molar-refractivity contribution < 1.29 is 13.9 Å². The van der Waals surface area contributed by atoms with Crippen LogP contribution >= 0.6 is 0 Å². The van der Waals surface area contributed by atoms with Gasteiger partial charge in [-0.2, -0.15) is 5.26 Å². The molecule has 3 heterocycles. The molecule has 166 valence electrons. The average molecular weight is 425 g/mol. The Morgan fingerprint density at radius 1 is 1.32 bits per heavy atom. The van der Waals surface area contributed by atoms with Crippen molar-refractivity contribution in [2.45, 2.75) is 39.5 Å². The number of furan rings is 1. The first-order chi connectivity index (χ1) is 15.0. The Kier molecular flexibility index (Phi) is 8.07. The minimum atomic E-state index is -0.0261. The van der Waals surface area contributed by atoms with Crippen molar-refractivity contribution in [3.05, 3.63) is 47.1 Å². The molecule has 1 aromatic heterocycles. The summed E-state index contributed by atoms with van der Waals surface area (Å²) in [4.78, 5) is 16.4. The van der Waals surface area contributed by atoms with Gasteiger partial charge in [0.2, 0.25) is 0 Å². The van der Waals surface area contributed by atoms with Gasteiger partial charge in [0.25, 0.3) is 5.91 Å². The van der Waals surface area contributed by atoms with Gasteiger partial charge in [-0.3, -0.25) is 4.79 Å². The number of piperazine rings is 1. The van der Waals surface area contributed by atoms with E-state index in [0.29, 0.717) is 62.7 Å². The summed E-state index contributed by atoms with van der Waals surface area (Å²) in [5.74, 6) is 0.130. The number of hydrogen-bond acceptors (Lipinski definition) is 6. The quantitative estimate of drug-likeness (QED) is 0.503. The Morgan fingerprint density at radius 2 is 2.10 bits per heavy atom. The standard InChI is InChI=1S/C24H32N4O3/c1-3-4-5-18(2)23(26)22-17-31-13-7-21(22)20(14-25)15-27-8-10-28(11-9-27)24(29)19-6-12-30-16-19/h6,12,15-16,18,26H,3-5,7-11,13,17H2,1-2H3/b20-15+,26-23?. The van der Waals surface area contributed by atoms with Gasteiger partial charge in [0.1, 0.15) is 12.3 Å².